The zero-order valence-electron chi connectivity index (χ0n) is 16.4. The van der Waals surface area contributed by atoms with Crippen LogP contribution < -0.4 is 0 Å². The number of hydrogen-bond donors (Lipinski definition) is 2. The molecule has 0 unspecified atom stereocenters. The Bertz CT molecular complexity index is 664. The first-order chi connectivity index (χ1) is 12.3. The second-order valence-electron chi connectivity index (χ2n) is 7.92. The summed E-state index contributed by atoms with van der Waals surface area (Å²) in [5.41, 5.74) is 0.332. The molecule has 0 radical (unpaired) electrons. The molecule has 0 bridgehead atoms. The smallest absolute Gasteiger partial charge is 0.349 e. The van der Waals surface area contributed by atoms with Gasteiger partial charge in [-0.05, 0) is 18.1 Å². The molecule has 0 saturated carbocycles. The zero-order valence-corrected chi connectivity index (χ0v) is 17.4. The first-order valence-corrected chi connectivity index (χ1v) is 11.6. The van der Waals surface area contributed by atoms with Crippen LogP contribution in [0.4, 0.5) is 0 Å². The van der Waals surface area contributed by atoms with Crippen molar-refractivity contribution in [2.75, 3.05) is 0 Å². The summed E-state index contributed by atoms with van der Waals surface area (Å²) in [6.07, 6.45) is -3.00. The molecule has 1 rings (SSSR count). The van der Waals surface area contributed by atoms with Gasteiger partial charge in [0.2, 0.25) is 6.10 Å². The third kappa shape index (κ3) is 7.14. The molecule has 1 aromatic rings. The van der Waals surface area contributed by atoms with Gasteiger partial charge in [-0.15, -0.1) is 0 Å². The summed E-state index contributed by atoms with van der Waals surface area (Å²) in [6, 6.07) is 8.11. The van der Waals surface area contributed by atoms with Crippen molar-refractivity contribution in [2.24, 2.45) is 0 Å². The van der Waals surface area contributed by atoms with Crippen LogP contribution >= 0.6 is 0 Å². The van der Waals surface area contributed by atoms with Crippen molar-refractivity contribution < 1.29 is 33.8 Å². The van der Waals surface area contributed by atoms with E-state index in [1.165, 1.54) is 0 Å². The number of carbonyl (C=O) groups excluding carboxylic acids is 1. The van der Waals surface area contributed by atoms with Crippen molar-refractivity contribution >= 4 is 26.2 Å². The van der Waals surface area contributed by atoms with E-state index in [-0.39, 0.29) is 17.9 Å². The Kier molecular flexibility index (Phi) is 7.73. The molecule has 2 N–H and O–H groups in total. The summed E-state index contributed by atoms with van der Waals surface area (Å²) < 4.78 is 11.2. The Balaban J connectivity index is 2.89. The summed E-state index contributed by atoms with van der Waals surface area (Å²) in [6.45, 7) is 9.93. The maximum atomic E-state index is 12.3. The molecule has 0 fully saturated rings. The number of esters is 1. The van der Waals surface area contributed by atoms with E-state index in [0.29, 0.717) is 5.56 Å². The van der Waals surface area contributed by atoms with Crippen LogP contribution in [0, 0.1) is 0 Å². The quantitative estimate of drug-likeness (QED) is 0.484. The molecule has 0 saturated heterocycles. The number of rotatable bonds is 9. The fourth-order valence-corrected chi connectivity index (χ4v) is 3.55. The second-order valence-corrected chi connectivity index (χ2v) is 12.7. The van der Waals surface area contributed by atoms with Crippen LogP contribution in [0.15, 0.2) is 30.3 Å². The number of aliphatic carboxylic acids is 2. The van der Waals surface area contributed by atoms with Crippen LogP contribution in [0.3, 0.4) is 0 Å². The minimum absolute atomic E-state index is 0.165. The molecule has 0 spiro atoms. The molecule has 8 heteroatoms. The molecule has 27 heavy (non-hydrogen) atoms. The maximum absolute atomic E-state index is 12.3. The normalized spacial score (nSPS) is 14.3. The van der Waals surface area contributed by atoms with E-state index < -0.39 is 38.4 Å². The molecule has 0 amide bonds. The average Bonchev–Trinajstić information content (AvgIpc) is 2.51. The van der Waals surface area contributed by atoms with Gasteiger partial charge in [0.1, 0.15) is 0 Å². The van der Waals surface area contributed by atoms with Gasteiger partial charge >= 0.3 is 17.9 Å². The lowest BCUT2D eigenvalue weighted by Crippen LogP contribution is -2.45. The van der Waals surface area contributed by atoms with E-state index in [9.17, 15) is 19.5 Å². The van der Waals surface area contributed by atoms with Gasteiger partial charge in [0.15, 0.2) is 8.32 Å². The third-order valence-corrected chi connectivity index (χ3v) is 9.17. The molecule has 7 nitrogen and oxygen atoms in total. The van der Waals surface area contributed by atoms with Gasteiger partial charge in [-0.3, -0.25) is 9.59 Å². The fraction of sp³-hybridized carbons (Fsp3) is 0.526. The molecule has 1 aromatic carbocycles. The Hall–Kier alpha value is -2.19. The van der Waals surface area contributed by atoms with Crippen molar-refractivity contribution in [3.05, 3.63) is 35.9 Å². The van der Waals surface area contributed by atoms with Crippen molar-refractivity contribution in [1.82, 2.24) is 0 Å². The number of ether oxygens (including phenoxy) is 1. The van der Waals surface area contributed by atoms with E-state index in [1.54, 1.807) is 30.3 Å². The van der Waals surface area contributed by atoms with E-state index in [1.807, 2.05) is 33.9 Å². The Morgan fingerprint density at radius 1 is 1.04 bits per heavy atom. The second kappa shape index (κ2) is 9.14. The van der Waals surface area contributed by atoms with Crippen LogP contribution in [0.25, 0.3) is 0 Å². The molecule has 0 aliphatic rings. The maximum Gasteiger partial charge on any atom is 0.349 e. The van der Waals surface area contributed by atoms with Crippen molar-refractivity contribution in [3.8, 4) is 0 Å². The lowest BCUT2D eigenvalue weighted by Gasteiger charge is -2.38. The number of benzene rings is 1. The Morgan fingerprint density at radius 3 is 2.04 bits per heavy atom. The fourth-order valence-electron chi connectivity index (χ4n) is 2.20. The van der Waals surface area contributed by atoms with Gasteiger partial charge < -0.3 is 19.4 Å². The van der Waals surface area contributed by atoms with Crippen molar-refractivity contribution in [3.63, 3.8) is 0 Å². The van der Waals surface area contributed by atoms with Gasteiger partial charge in [0, 0.05) is 5.56 Å². The first-order valence-electron chi connectivity index (χ1n) is 8.70. The van der Waals surface area contributed by atoms with Crippen LogP contribution in [0.5, 0.6) is 0 Å². The third-order valence-electron chi connectivity index (χ3n) is 4.64. The van der Waals surface area contributed by atoms with Crippen LogP contribution in [-0.2, 0) is 23.5 Å². The summed E-state index contributed by atoms with van der Waals surface area (Å²) in [7, 11) is -2.31. The number of hydrogen-bond acceptors (Lipinski definition) is 5. The topological polar surface area (TPSA) is 110 Å². The lowest BCUT2D eigenvalue weighted by molar-refractivity contribution is -0.166. The Morgan fingerprint density at radius 2 is 1.59 bits per heavy atom. The van der Waals surface area contributed by atoms with E-state index in [2.05, 4.69) is 0 Å². The largest absolute Gasteiger partial charge is 0.481 e. The number of carboxylic acid groups (broad SMARTS) is 2. The number of carboxylic acids is 2. The monoisotopic (exact) mass is 396 g/mol. The SMILES string of the molecule is CC(C)(C)[Si](C)(C)O[C@@H](CC(=O)O)CC(=O)O[C@@H](C(=O)O)c1ccccc1. The molecule has 2 atom stereocenters. The minimum atomic E-state index is -2.31. The summed E-state index contributed by atoms with van der Waals surface area (Å²) >= 11 is 0. The van der Waals surface area contributed by atoms with E-state index in [4.69, 9.17) is 14.3 Å². The molecule has 0 aliphatic heterocycles. The van der Waals surface area contributed by atoms with Crippen LogP contribution in [-0.4, -0.2) is 42.5 Å². The van der Waals surface area contributed by atoms with Gasteiger partial charge in [0.05, 0.1) is 18.9 Å². The molecule has 150 valence electrons. The molecule has 0 aliphatic carbocycles. The molecule has 0 heterocycles. The van der Waals surface area contributed by atoms with E-state index >= 15 is 0 Å². The highest BCUT2D eigenvalue weighted by molar-refractivity contribution is 6.74. The van der Waals surface area contributed by atoms with Crippen LogP contribution in [0.2, 0.25) is 18.1 Å². The van der Waals surface area contributed by atoms with Gasteiger partial charge in [-0.2, -0.15) is 0 Å². The first kappa shape index (κ1) is 22.8. The van der Waals surface area contributed by atoms with Gasteiger partial charge in [-0.25, -0.2) is 4.79 Å². The standard InChI is InChI=1S/C19H28O7Si/c1-19(2,3)27(4,5)26-14(11-15(20)21)12-16(22)25-17(18(23)24)13-9-7-6-8-10-13/h6-10,14,17H,11-12H2,1-5H3,(H,20,21)(H,23,24)/t14-,17+/m0/s1. The van der Waals surface area contributed by atoms with Crippen molar-refractivity contribution in [2.45, 2.75) is 64.0 Å². The summed E-state index contributed by atoms with van der Waals surface area (Å²) in [4.78, 5) is 34.9. The molecule has 0 aromatic heterocycles. The highest BCUT2D eigenvalue weighted by atomic mass is 28.4. The molecular formula is C19H28O7Si. The predicted octanol–water partition coefficient (Wildman–Crippen LogP) is 3.61. The predicted molar refractivity (Wildman–Crippen MR) is 102 cm³/mol. The highest BCUT2D eigenvalue weighted by Gasteiger charge is 2.40. The highest BCUT2D eigenvalue weighted by Crippen LogP contribution is 2.38. The summed E-state index contributed by atoms with van der Waals surface area (Å²) in [5, 5.41) is 18.3. The summed E-state index contributed by atoms with van der Waals surface area (Å²) in [5.74, 6) is -3.20. The minimum Gasteiger partial charge on any atom is -0.481 e. The van der Waals surface area contributed by atoms with E-state index in [0.717, 1.165) is 0 Å². The van der Waals surface area contributed by atoms with Gasteiger partial charge in [-0.1, -0.05) is 51.1 Å². The Labute approximate surface area is 160 Å². The zero-order chi connectivity index (χ0) is 20.8. The van der Waals surface area contributed by atoms with Gasteiger partial charge in [0.25, 0.3) is 0 Å². The van der Waals surface area contributed by atoms with Crippen molar-refractivity contribution in [1.29, 1.82) is 0 Å². The number of carbonyl (C=O) groups is 3. The average molecular weight is 397 g/mol. The molecular weight excluding hydrogens is 368 g/mol. The lowest BCUT2D eigenvalue weighted by atomic mass is 10.1. The van der Waals surface area contributed by atoms with Crippen LogP contribution in [0.1, 0.15) is 45.3 Å².